The van der Waals surface area contributed by atoms with Gasteiger partial charge >= 0.3 is 5.97 Å². The highest BCUT2D eigenvalue weighted by Crippen LogP contribution is 2.68. The van der Waals surface area contributed by atoms with Gasteiger partial charge in [0.2, 0.25) is 0 Å². The van der Waals surface area contributed by atoms with Crippen LogP contribution in [0.4, 0.5) is 0 Å². The number of rotatable bonds is 7. The summed E-state index contributed by atoms with van der Waals surface area (Å²) in [5.41, 5.74) is 1.32. The first-order valence-electron chi connectivity index (χ1n) is 20.7. The van der Waals surface area contributed by atoms with Gasteiger partial charge in [0.25, 0.3) is 0 Å². The number of hydrogen-bond acceptors (Lipinski definition) is 16. The van der Waals surface area contributed by atoms with Crippen LogP contribution in [0.5, 0.6) is 0 Å². The van der Waals surface area contributed by atoms with Crippen molar-refractivity contribution < 1.29 is 78.8 Å². The van der Waals surface area contributed by atoms with Crippen molar-refractivity contribution in [2.45, 2.75) is 184 Å². The van der Waals surface area contributed by atoms with Crippen molar-refractivity contribution in [1.82, 2.24) is 0 Å². The number of esters is 1. The fraction of sp³-hybridized carbons (Fsp3) is 0.925. The summed E-state index contributed by atoms with van der Waals surface area (Å²) in [7, 11) is 0. The fourth-order valence-corrected chi connectivity index (χ4v) is 12.4. The molecular weight excluding hydrogens is 736 g/mol. The Balaban J connectivity index is 1.01. The maximum Gasteiger partial charge on any atom is 0.309 e. The van der Waals surface area contributed by atoms with Crippen molar-refractivity contribution in [2.24, 2.45) is 40.4 Å². The lowest BCUT2D eigenvalue weighted by Crippen LogP contribution is -2.66. The predicted octanol–water partition coefficient (Wildman–Crippen LogP) is -0.374. The molecule has 8 aliphatic rings. The average molecular weight is 799 g/mol. The highest BCUT2D eigenvalue weighted by Gasteiger charge is 2.66. The van der Waals surface area contributed by atoms with Crippen molar-refractivity contribution in [2.75, 3.05) is 6.61 Å². The Hall–Kier alpha value is -1.35. The van der Waals surface area contributed by atoms with E-state index in [9.17, 15) is 45.6 Å². The molecule has 16 heteroatoms. The second-order valence-corrected chi connectivity index (χ2v) is 18.6. The molecule has 24 atom stereocenters. The van der Waals surface area contributed by atoms with E-state index in [-0.39, 0.29) is 40.8 Å². The molecule has 0 spiro atoms. The Morgan fingerprint density at radius 2 is 1.36 bits per heavy atom. The summed E-state index contributed by atoms with van der Waals surface area (Å²) in [4.78, 5) is 12.5. The lowest BCUT2D eigenvalue weighted by atomic mass is 9.47. The highest BCUT2D eigenvalue weighted by atomic mass is 16.8. The van der Waals surface area contributed by atoms with Gasteiger partial charge in [-0.1, -0.05) is 32.4 Å². The van der Waals surface area contributed by atoms with Crippen LogP contribution in [0.15, 0.2) is 11.6 Å². The second-order valence-electron chi connectivity index (χ2n) is 18.6. The number of aliphatic hydroxyl groups excluding tert-OH is 8. The monoisotopic (exact) mass is 798 g/mol. The third kappa shape index (κ3) is 6.62. The number of aliphatic hydroxyl groups is 8. The number of allylic oxidation sites excluding steroid dienone is 1. The summed E-state index contributed by atoms with van der Waals surface area (Å²) >= 11 is 0. The molecule has 16 nitrogen and oxygen atoms in total. The summed E-state index contributed by atoms with van der Waals surface area (Å²) in [5.74, 6) is 1.57. The molecule has 8 N–H and O–H groups in total. The van der Waals surface area contributed by atoms with E-state index >= 15 is 0 Å². The normalized spacial score (nSPS) is 57.0. The molecule has 4 aliphatic heterocycles. The van der Waals surface area contributed by atoms with E-state index in [1.807, 2.05) is 6.92 Å². The summed E-state index contributed by atoms with van der Waals surface area (Å²) in [5, 5.41) is 85.4. The van der Waals surface area contributed by atoms with E-state index in [0.717, 1.165) is 32.1 Å². The van der Waals surface area contributed by atoms with Gasteiger partial charge in [-0.15, -0.1) is 0 Å². The molecule has 4 saturated heterocycles. The second kappa shape index (κ2) is 15.3. The van der Waals surface area contributed by atoms with Crippen molar-refractivity contribution in [3.8, 4) is 0 Å². The Labute approximate surface area is 327 Å². The average Bonchev–Trinajstić information content (AvgIpc) is 3.63. The van der Waals surface area contributed by atoms with Gasteiger partial charge in [-0.25, -0.2) is 0 Å². The molecule has 0 unspecified atom stereocenters. The molecule has 0 aromatic carbocycles. The lowest BCUT2D eigenvalue weighted by Gasteiger charge is -2.58. The maximum atomic E-state index is 12.5. The number of fused-ring (bicyclic) bond motifs is 7. The van der Waals surface area contributed by atoms with Crippen LogP contribution >= 0.6 is 0 Å². The minimum atomic E-state index is -1.72. The van der Waals surface area contributed by atoms with Crippen LogP contribution < -0.4 is 0 Å². The number of carbonyl (C=O) groups excluding carboxylic acids is 1. The minimum absolute atomic E-state index is 0.00213. The molecule has 4 aliphatic carbocycles. The largest absolute Gasteiger partial charge is 0.462 e. The maximum absolute atomic E-state index is 12.5. The zero-order valence-electron chi connectivity index (χ0n) is 32.8. The first kappa shape index (κ1) is 41.4. The van der Waals surface area contributed by atoms with E-state index in [1.54, 1.807) is 0 Å². The van der Waals surface area contributed by atoms with Gasteiger partial charge in [0.15, 0.2) is 18.9 Å². The molecule has 8 rings (SSSR count). The summed E-state index contributed by atoms with van der Waals surface area (Å²) in [6.45, 7) is 9.10. The van der Waals surface area contributed by atoms with Gasteiger partial charge in [-0.3, -0.25) is 4.79 Å². The number of hydrogen-bond donors (Lipinski definition) is 8. The van der Waals surface area contributed by atoms with Crippen LogP contribution in [0.2, 0.25) is 0 Å². The summed E-state index contributed by atoms with van der Waals surface area (Å²) < 4.78 is 42.2. The fourth-order valence-electron chi connectivity index (χ4n) is 12.4. The molecule has 0 amide bonds. The molecule has 0 radical (unpaired) electrons. The van der Waals surface area contributed by atoms with Gasteiger partial charge in [0.1, 0.15) is 67.1 Å². The smallest absolute Gasteiger partial charge is 0.309 e. The first-order valence-corrected chi connectivity index (χ1v) is 20.7. The van der Waals surface area contributed by atoms with E-state index in [0.29, 0.717) is 30.6 Å². The molecule has 4 heterocycles. The summed E-state index contributed by atoms with van der Waals surface area (Å²) in [6.07, 6.45) is -13.5. The SMILES string of the molecule is C[C@@H]1O[C@@H](O[C@H]2[C@H](O[C@H]3CC[C@@]4(C)C(=CC[C@H]5[C@@H]6C[C@@H]7OC(=O)[C@@H](C)[C@@H]7[C@@]6(C)CC[C@@H]54)C3)O[C@H](CO)[C@@H](O[C@@H]3O[C@@H](C)[C@H](O)[C@@H](O)[C@H]3O)[C@@H]2O)[C@H](O)[C@H](O)[C@H]1O. The Morgan fingerprint density at radius 3 is 1.98 bits per heavy atom. The van der Waals surface area contributed by atoms with Crippen LogP contribution in [0, 0.1) is 40.4 Å². The van der Waals surface area contributed by atoms with Gasteiger partial charge < -0.3 is 74.0 Å². The number of ether oxygens (including phenoxy) is 7. The molecule has 0 bridgehead atoms. The molecular formula is C40H62O16. The van der Waals surface area contributed by atoms with Crippen molar-refractivity contribution in [3.05, 3.63) is 11.6 Å². The summed E-state index contributed by atoms with van der Waals surface area (Å²) in [6, 6.07) is 0. The van der Waals surface area contributed by atoms with Crippen molar-refractivity contribution in [1.29, 1.82) is 0 Å². The van der Waals surface area contributed by atoms with Crippen LogP contribution in [0.3, 0.4) is 0 Å². The molecule has 7 fully saturated rings. The quantitative estimate of drug-likeness (QED) is 0.121. The molecule has 56 heavy (non-hydrogen) atoms. The Kier molecular flexibility index (Phi) is 11.3. The molecule has 3 saturated carbocycles. The van der Waals surface area contributed by atoms with Crippen molar-refractivity contribution >= 4 is 5.97 Å². The zero-order chi connectivity index (χ0) is 40.2. The van der Waals surface area contributed by atoms with Gasteiger partial charge in [-0.05, 0) is 87.4 Å². The lowest BCUT2D eigenvalue weighted by molar-refractivity contribution is -0.388. The zero-order valence-corrected chi connectivity index (χ0v) is 32.8. The molecule has 318 valence electrons. The third-order valence-corrected chi connectivity index (χ3v) is 15.6. The topological polar surface area (TPSA) is 244 Å². The van der Waals surface area contributed by atoms with Gasteiger partial charge in [0, 0.05) is 5.92 Å². The van der Waals surface area contributed by atoms with Crippen LogP contribution in [-0.4, -0.2) is 158 Å². The number of carbonyl (C=O) groups is 1. The third-order valence-electron chi connectivity index (χ3n) is 15.6. The minimum Gasteiger partial charge on any atom is -0.462 e. The predicted molar refractivity (Wildman–Crippen MR) is 191 cm³/mol. The van der Waals surface area contributed by atoms with E-state index in [1.165, 1.54) is 19.4 Å². The van der Waals surface area contributed by atoms with E-state index in [2.05, 4.69) is 19.9 Å². The first-order chi connectivity index (χ1) is 26.5. The highest BCUT2D eigenvalue weighted by molar-refractivity contribution is 5.75. The van der Waals surface area contributed by atoms with E-state index < -0.39 is 98.7 Å². The molecule has 0 aromatic rings. The standard InChI is InChI=1S/C40H62O16/c1-15-25-23(53-35(15)49)13-22-20-7-6-18-12-19(8-10-39(18,4)21(20)9-11-40(22,25)5)52-38-34(56-37-31(47)29(45)27(43)17(3)51-37)32(48)33(24(14-41)54-38)55-36-30(46)28(44)26(42)16(2)50-36/h6,15-17,19-34,36-38,41-48H,7-14H2,1-5H3/t15-,16-,17-,19-,20+,21-,22-,23-,24+,25-,26-,27-,28+,29+,30+,31+,32-,33+,34+,36-,37-,38+,39-,40-/m0/s1. The van der Waals surface area contributed by atoms with Crippen LogP contribution in [0.25, 0.3) is 0 Å². The Bertz CT molecular complexity index is 1480. The van der Waals surface area contributed by atoms with Crippen LogP contribution in [-0.2, 0) is 38.0 Å². The van der Waals surface area contributed by atoms with Gasteiger partial charge in [0.05, 0.1) is 30.8 Å². The van der Waals surface area contributed by atoms with Gasteiger partial charge in [-0.2, -0.15) is 0 Å². The van der Waals surface area contributed by atoms with Crippen molar-refractivity contribution in [3.63, 3.8) is 0 Å². The Morgan fingerprint density at radius 1 is 0.732 bits per heavy atom. The molecule has 0 aromatic heterocycles. The van der Waals surface area contributed by atoms with E-state index in [4.69, 9.17) is 33.2 Å². The van der Waals surface area contributed by atoms with Crippen LogP contribution in [0.1, 0.15) is 79.6 Å².